The quantitative estimate of drug-likeness (QED) is 0.532. The van der Waals surface area contributed by atoms with Crippen molar-refractivity contribution >= 4 is 22.9 Å². The number of benzene rings is 1. The average Bonchev–Trinajstić information content (AvgIpc) is 3.06. The van der Waals surface area contributed by atoms with E-state index in [0.29, 0.717) is 22.9 Å². The molecule has 3 heterocycles. The van der Waals surface area contributed by atoms with E-state index in [4.69, 9.17) is 11.5 Å². The number of nitrogens with zero attached hydrogens (tertiary/aromatic N) is 3. The first kappa shape index (κ1) is 14.8. The minimum atomic E-state index is -0.453. The van der Waals surface area contributed by atoms with Gasteiger partial charge in [-0.2, -0.15) is 0 Å². The molecule has 0 bridgehead atoms. The summed E-state index contributed by atoms with van der Waals surface area (Å²) in [6.07, 6.45) is 3.36. The minimum absolute atomic E-state index is 0.452. The molecular formula is C18H14N6O. The normalized spacial score (nSPS) is 10.9. The third kappa shape index (κ3) is 2.67. The van der Waals surface area contributed by atoms with Gasteiger partial charge in [-0.25, -0.2) is 15.0 Å². The van der Waals surface area contributed by atoms with Crippen molar-refractivity contribution in [2.24, 2.45) is 5.73 Å². The van der Waals surface area contributed by atoms with Gasteiger partial charge in [0.1, 0.15) is 11.6 Å². The molecule has 0 radical (unpaired) electrons. The molecule has 0 atom stereocenters. The summed E-state index contributed by atoms with van der Waals surface area (Å²) in [5.74, 6) is 0.663. The molecule has 0 fully saturated rings. The van der Waals surface area contributed by atoms with E-state index in [0.717, 1.165) is 22.2 Å². The van der Waals surface area contributed by atoms with E-state index in [-0.39, 0.29) is 0 Å². The van der Waals surface area contributed by atoms with Crippen LogP contribution in [0.15, 0.2) is 54.9 Å². The van der Waals surface area contributed by atoms with Crippen molar-refractivity contribution in [3.63, 3.8) is 0 Å². The van der Waals surface area contributed by atoms with Crippen molar-refractivity contribution in [3.8, 4) is 22.5 Å². The van der Waals surface area contributed by atoms with Crippen LogP contribution < -0.4 is 11.5 Å². The SMILES string of the molecule is NC(=O)c1ccc(-c2ccnc3nc(-c4ccc(N)nc4)[nH]c23)cc1. The molecule has 0 spiro atoms. The molecule has 1 amide bonds. The lowest BCUT2D eigenvalue weighted by molar-refractivity contribution is 0.100. The standard InChI is InChI=1S/C18H14N6O/c19-14-6-5-12(9-22-14)17-23-15-13(7-8-21-18(15)24-17)10-1-3-11(4-2-10)16(20)25/h1-9H,(H2,19,22)(H2,20,25)(H,21,23,24). The number of nitrogens with two attached hydrogens (primary N) is 2. The average molecular weight is 330 g/mol. The second-order valence-corrected chi connectivity index (χ2v) is 5.56. The lowest BCUT2D eigenvalue weighted by atomic mass is 10.0. The predicted octanol–water partition coefficient (Wildman–Crippen LogP) is 2.37. The number of carbonyl (C=O) groups excluding carboxylic acids is 1. The topological polar surface area (TPSA) is 124 Å². The number of imidazole rings is 1. The number of hydrogen-bond donors (Lipinski definition) is 3. The van der Waals surface area contributed by atoms with Crippen LogP contribution >= 0.6 is 0 Å². The van der Waals surface area contributed by atoms with E-state index in [1.165, 1.54) is 0 Å². The van der Waals surface area contributed by atoms with Gasteiger partial charge in [0.05, 0.1) is 5.52 Å². The maximum absolute atomic E-state index is 11.2. The zero-order valence-corrected chi connectivity index (χ0v) is 13.1. The van der Waals surface area contributed by atoms with Crippen molar-refractivity contribution in [1.82, 2.24) is 19.9 Å². The molecule has 4 rings (SSSR count). The van der Waals surface area contributed by atoms with E-state index in [9.17, 15) is 4.79 Å². The Morgan fingerprint density at radius 3 is 2.40 bits per heavy atom. The summed E-state index contributed by atoms with van der Waals surface area (Å²) in [6, 6.07) is 12.6. The summed E-state index contributed by atoms with van der Waals surface area (Å²) in [5, 5.41) is 0. The molecule has 3 aromatic heterocycles. The second-order valence-electron chi connectivity index (χ2n) is 5.56. The van der Waals surface area contributed by atoms with Gasteiger partial charge in [0, 0.05) is 29.1 Å². The molecule has 0 aliphatic carbocycles. The molecular weight excluding hydrogens is 316 g/mol. The molecule has 0 aliphatic heterocycles. The van der Waals surface area contributed by atoms with Gasteiger partial charge >= 0.3 is 0 Å². The number of nitrogen functional groups attached to an aromatic ring is 1. The molecule has 122 valence electrons. The van der Waals surface area contributed by atoms with Crippen LogP contribution in [0.2, 0.25) is 0 Å². The fraction of sp³-hybridized carbons (Fsp3) is 0. The summed E-state index contributed by atoms with van der Waals surface area (Å²) in [5.41, 5.74) is 15.5. The highest BCUT2D eigenvalue weighted by atomic mass is 16.1. The molecule has 25 heavy (non-hydrogen) atoms. The van der Waals surface area contributed by atoms with Crippen LogP contribution in [-0.4, -0.2) is 25.8 Å². The first-order chi connectivity index (χ1) is 12.1. The van der Waals surface area contributed by atoms with Gasteiger partial charge in [0.15, 0.2) is 5.65 Å². The highest BCUT2D eigenvalue weighted by Gasteiger charge is 2.12. The van der Waals surface area contributed by atoms with Crippen molar-refractivity contribution in [3.05, 3.63) is 60.4 Å². The number of rotatable bonds is 3. The fourth-order valence-electron chi connectivity index (χ4n) is 2.65. The van der Waals surface area contributed by atoms with Gasteiger partial charge in [-0.3, -0.25) is 4.79 Å². The van der Waals surface area contributed by atoms with Gasteiger partial charge in [0.2, 0.25) is 5.91 Å². The fourth-order valence-corrected chi connectivity index (χ4v) is 2.65. The molecule has 0 saturated carbocycles. The summed E-state index contributed by atoms with van der Waals surface area (Å²) < 4.78 is 0. The van der Waals surface area contributed by atoms with Crippen molar-refractivity contribution < 1.29 is 4.79 Å². The van der Waals surface area contributed by atoms with Crippen LogP contribution in [-0.2, 0) is 0 Å². The number of nitrogens with one attached hydrogen (secondary N) is 1. The molecule has 5 N–H and O–H groups in total. The number of amides is 1. The molecule has 0 aliphatic rings. The number of aromatic amines is 1. The molecule has 4 aromatic rings. The lowest BCUT2D eigenvalue weighted by Crippen LogP contribution is -2.10. The number of primary amides is 1. The van der Waals surface area contributed by atoms with E-state index in [2.05, 4.69) is 19.9 Å². The van der Waals surface area contributed by atoms with Crippen LogP contribution in [0.4, 0.5) is 5.82 Å². The van der Waals surface area contributed by atoms with E-state index >= 15 is 0 Å². The number of H-pyrrole nitrogens is 1. The third-order valence-corrected chi connectivity index (χ3v) is 3.93. The molecule has 0 unspecified atom stereocenters. The Bertz CT molecular complexity index is 1070. The number of aromatic nitrogens is 4. The van der Waals surface area contributed by atoms with Crippen LogP contribution in [0.25, 0.3) is 33.7 Å². The Hall–Kier alpha value is -3.74. The van der Waals surface area contributed by atoms with Crippen molar-refractivity contribution in [2.45, 2.75) is 0 Å². The summed E-state index contributed by atoms with van der Waals surface area (Å²) in [7, 11) is 0. The molecule has 7 heteroatoms. The Labute approximate surface area is 142 Å². The first-order valence-electron chi connectivity index (χ1n) is 7.59. The zero-order valence-electron chi connectivity index (χ0n) is 13.1. The number of pyridine rings is 2. The van der Waals surface area contributed by atoms with Crippen LogP contribution in [0.5, 0.6) is 0 Å². The Morgan fingerprint density at radius 2 is 1.72 bits per heavy atom. The number of fused-ring (bicyclic) bond motifs is 1. The van der Waals surface area contributed by atoms with Gasteiger partial charge in [-0.1, -0.05) is 12.1 Å². The first-order valence-corrected chi connectivity index (χ1v) is 7.59. The summed E-state index contributed by atoms with van der Waals surface area (Å²) in [6.45, 7) is 0. The highest BCUT2D eigenvalue weighted by molar-refractivity contribution is 5.95. The largest absolute Gasteiger partial charge is 0.384 e. The van der Waals surface area contributed by atoms with Crippen LogP contribution in [0.3, 0.4) is 0 Å². The van der Waals surface area contributed by atoms with Crippen molar-refractivity contribution in [1.29, 1.82) is 0 Å². The Morgan fingerprint density at radius 1 is 0.960 bits per heavy atom. The van der Waals surface area contributed by atoms with Crippen LogP contribution in [0, 0.1) is 0 Å². The van der Waals surface area contributed by atoms with E-state index in [1.807, 2.05) is 24.3 Å². The smallest absolute Gasteiger partial charge is 0.248 e. The molecule has 7 nitrogen and oxygen atoms in total. The van der Waals surface area contributed by atoms with Gasteiger partial charge in [0.25, 0.3) is 0 Å². The summed E-state index contributed by atoms with van der Waals surface area (Å²) in [4.78, 5) is 27.4. The van der Waals surface area contributed by atoms with Gasteiger partial charge in [-0.15, -0.1) is 0 Å². The molecule has 1 aromatic carbocycles. The van der Waals surface area contributed by atoms with Crippen LogP contribution in [0.1, 0.15) is 10.4 Å². The number of carbonyl (C=O) groups is 1. The highest BCUT2D eigenvalue weighted by Crippen LogP contribution is 2.28. The van der Waals surface area contributed by atoms with E-state index < -0.39 is 5.91 Å². The Balaban J connectivity index is 1.82. The van der Waals surface area contributed by atoms with Crippen molar-refractivity contribution in [2.75, 3.05) is 5.73 Å². The second kappa shape index (κ2) is 5.72. The number of hydrogen-bond acceptors (Lipinski definition) is 5. The third-order valence-electron chi connectivity index (χ3n) is 3.93. The zero-order chi connectivity index (χ0) is 17.4. The molecule has 0 saturated heterocycles. The lowest BCUT2D eigenvalue weighted by Gasteiger charge is -2.03. The number of anilines is 1. The van der Waals surface area contributed by atoms with Gasteiger partial charge < -0.3 is 16.5 Å². The summed E-state index contributed by atoms with van der Waals surface area (Å²) >= 11 is 0. The van der Waals surface area contributed by atoms with E-state index in [1.54, 1.807) is 30.6 Å². The maximum Gasteiger partial charge on any atom is 0.248 e. The monoisotopic (exact) mass is 330 g/mol. The van der Waals surface area contributed by atoms with Gasteiger partial charge in [-0.05, 0) is 35.9 Å². The predicted molar refractivity (Wildman–Crippen MR) is 95.5 cm³/mol. The Kier molecular flexibility index (Phi) is 3.39. The maximum atomic E-state index is 11.2. The minimum Gasteiger partial charge on any atom is -0.384 e.